The van der Waals surface area contributed by atoms with E-state index in [0.717, 1.165) is 6.42 Å². The van der Waals surface area contributed by atoms with Gasteiger partial charge in [0.05, 0.1) is 18.6 Å². The molecular weight excluding hydrogens is 281 g/mol. The number of rotatable bonds is 4. The predicted octanol–water partition coefficient (Wildman–Crippen LogP) is 4.49. The highest BCUT2D eigenvalue weighted by atomic mass is 19.4. The van der Waals surface area contributed by atoms with E-state index in [1.54, 1.807) is 24.3 Å². The van der Waals surface area contributed by atoms with Crippen LogP contribution < -0.4 is 4.74 Å². The second-order valence-electron chi connectivity index (χ2n) is 5.55. The van der Waals surface area contributed by atoms with Gasteiger partial charge < -0.3 is 9.84 Å². The van der Waals surface area contributed by atoms with Gasteiger partial charge in [-0.2, -0.15) is 13.2 Å². The summed E-state index contributed by atoms with van der Waals surface area (Å²) in [6.45, 7) is 2.32. The molecule has 2 rings (SSSR count). The zero-order chi connectivity index (χ0) is 15.5. The third-order valence-corrected chi connectivity index (χ3v) is 4.16. The molecule has 1 N–H and O–H groups in total. The molecular formula is C16H21F3O2. The Morgan fingerprint density at radius 1 is 1.29 bits per heavy atom. The lowest BCUT2D eigenvalue weighted by Gasteiger charge is -2.36. The van der Waals surface area contributed by atoms with Crippen LogP contribution in [0.5, 0.6) is 5.75 Å². The van der Waals surface area contributed by atoms with E-state index in [1.165, 1.54) is 0 Å². The quantitative estimate of drug-likeness (QED) is 0.888. The molecule has 1 aromatic carbocycles. The average Bonchev–Trinajstić information content (AvgIpc) is 2.46. The highest BCUT2D eigenvalue weighted by Crippen LogP contribution is 2.46. The van der Waals surface area contributed by atoms with E-state index in [2.05, 4.69) is 0 Å². The van der Waals surface area contributed by atoms with Crippen LogP contribution in [-0.2, 0) is 0 Å². The lowest BCUT2D eigenvalue weighted by molar-refractivity contribution is -0.207. The van der Waals surface area contributed by atoms with Gasteiger partial charge in [-0.3, -0.25) is 0 Å². The van der Waals surface area contributed by atoms with Crippen molar-refractivity contribution in [2.45, 2.75) is 44.9 Å². The van der Waals surface area contributed by atoms with Crippen LogP contribution in [-0.4, -0.2) is 17.9 Å². The van der Waals surface area contributed by atoms with Crippen LogP contribution in [0.3, 0.4) is 0 Å². The van der Waals surface area contributed by atoms with Gasteiger partial charge >= 0.3 is 6.18 Å². The number of aliphatic hydroxyl groups excluding tert-OH is 1. The molecule has 0 bridgehead atoms. The van der Waals surface area contributed by atoms with E-state index in [-0.39, 0.29) is 6.42 Å². The lowest BCUT2D eigenvalue weighted by Crippen LogP contribution is -2.36. The Labute approximate surface area is 122 Å². The molecule has 21 heavy (non-hydrogen) atoms. The Hall–Kier alpha value is -1.23. The third-order valence-electron chi connectivity index (χ3n) is 4.16. The molecule has 3 unspecified atom stereocenters. The van der Waals surface area contributed by atoms with Crippen LogP contribution in [0.4, 0.5) is 13.2 Å². The molecule has 118 valence electrons. The minimum absolute atomic E-state index is 0.108. The Balaban J connectivity index is 2.20. The second-order valence-corrected chi connectivity index (χ2v) is 5.55. The van der Waals surface area contributed by atoms with Gasteiger partial charge in [0.1, 0.15) is 5.75 Å². The number of benzene rings is 1. The zero-order valence-electron chi connectivity index (χ0n) is 12.1. The molecule has 0 radical (unpaired) electrons. The Morgan fingerprint density at radius 3 is 2.67 bits per heavy atom. The van der Waals surface area contributed by atoms with Gasteiger partial charge in [-0.05, 0) is 37.5 Å². The smallest absolute Gasteiger partial charge is 0.392 e. The molecule has 3 atom stereocenters. The van der Waals surface area contributed by atoms with Crippen molar-refractivity contribution in [1.29, 1.82) is 0 Å². The number of alkyl halides is 3. The molecule has 0 aliphatic heterocycles. The molecule has 2 nitrogen and oxygen atoms in total. The van der Waals surface area contributed by atoms with Gasteiger partial charge in [-0.15, -0.1) is 0 Å². The molecule has 0 spiro atoms. The minimum Gasteiger partial charge on any atom is -0.494 e. The van der Waals surface area contributed by atoms with Crippen LogP contribution in [0.25, 0.3) is 0 Å². The summed E-state index contributed by atoms with van der Waals surface area (Å²) in [5.41, 5.74) is 0.502. The SMILES string of the molecule is CCOc1cccc(C(O)C2CCCCC2C(F)(F)F)c1. The normalized spacial score (nSPS) is 24.6. The van der Waals surface area contributed by atoms with Crippen molar-refractivity contribution in [3.05, 3.63) is 29.8 Å². The molecule has 1 aliphatic carbocycles. The summed E-state index contributed by atoms with van der Waals surface area (Å²) in [6.07, 6.45) is -3.52. The fourth-order valence-corrected chi connectivity index (χ4v) is 3.15. The third kappa shape index (κ3) is 3.90. The highest BCUT2D eigenvalue weighted by molar-refractivity contribution is 5.30. The summed E-state index contributed by atoms with van der Waals surface area (Å²) in [5, 5.41) is 10.4. The topological polar surface area (TPSA) is 29.5 Å². The number of hydrogen-bond donors (Lipinski definition) is 1. The van der Waals surface area contributed by atoms with Crippen LogP contribution in [0, 0.1) is 11.8 Å². The summed E-state index contributed by atoms with van der Waals surface area (Å²) in [6, 6.07) is 6.74. The van der Waals surface area contributed by atoms with E-state index in [9.17, 15) is 18.3 Å². The fourth-order valence-electron chi connectivity index (χ4n) is 3.15. The molecule has 1 fully saturated rings. The highest BCUT2D eigenvalue weighted by Gasteiger charge is 2.47. The second kappa shape index (κ2) is 6.69. The first-order valence-corrected chi connectivity index (χ1v) is 7.41. The van der Waals surface area contributed by atoms with E-state index in [1.807, 2.05) is 6.92 Å². The van der Waals surface area contributed by atoms with Crippen LogP contribution in [0.15, 0.2) is 24.3 Å². The molecule has 0 saturated heterocycles. The Morgan fingerprint density at radius 2 is 2.00 bits per heavy atom. The summed E-state index contributed by atoms with van der Waals surface area (Å²) < 4.78 is 44.7. The van der Waals surface area contributed by atoms with Crippen molar-refractivity contribution >= 4 is 0 Å². The summed E-state index contributed by atoms with van der Waals surface area (Å²) >= 11 is 0. The number of hydrogen-bond acceptors (Lipinski definition) is 2. The van der Waals surface area contributed by atoms with Crippen LogP contribution in [0.2, 0.25) is 0 Å². The van der Waals surface area contributed by atoms with E-state index in [0.29, 0.717) is 30.8 Å². The predicted molar refractivity (Wildman–Crippen MR) is 74.1 cm³/mol. The summed E-state index contributed by atoms with van der Waals surface area (Å²) in [5.74, 6) is -1.61. The number of ether oxygens (including phenoxy) is 1. The van der Waals surface area contributed by atoms with E-state index >= 15 is 0 Å². The van der Waals surface area contributed by atoms with Crippen molar-refractivity contribution in [3.8, 4) is 5.75 Å². The molecule has 0 amide bonds. The van der Waals surface area contributed by atoms with Crippen molar-refractivity contribution < 1.29 is 23.0 Å². The minimum atomic E-state index is -4.25. The first-order chi connectivity index (χ1) is 9.93. The number of aliphatic hydroxyl groups is 1. The maximum atomic E-state index is 13.1. The first kappa shape index (κ1) is 16.1. The standard InChI is InChI=1S/C16H21F3O2/c1-2-21-12-7-5-6-11(10-12)15(20)13-8-3-4-9-14(13)16(17,18)19/h5-7,10,13-15,20H,2-4,8-9H2,1H3. The molecule has 0 aromatic heterocycles. The van der Waals surface area contributed by atoms with Gasteiger partial charge in [0.2, 0.25) is 0 Å². The molecule has 5 heteroatoms. The molecule has 0 heterocycles. The molecule has 1 aromatic rings. The Kier molecular flexibility index (Phi) is 5.14. The van der Waals surface area contributed by atoms with E-state index < -0.39 is 24.1 Å². The van der Waals surface area contributed by atoms with Crippen molar-refractivity contribution in [1.82, 2.24) is 0 Å². The van der Waals surface area contributed by atoms with Gasteiger partial charge in [0.25, 0.3) is 0 Å². The summed E-state index contributed by atoms with van der Waals surface area (Å²) in [7, 11) is 0. The molecule has 1 aliphatic rings. The van der Waals surface area contributed by atoms with Crippen molar-refractivity contribution in [2.75, 3.05) is 6.61 Å². The molecule has 1 saturated carbocycles. The maximum absolute atomic E-state index is 13.1. The largest absolute Gasteiger partial charge is 0.494 e. The zero-order valence-corrected chi connectivity index (χ0v) is 12.1. The van der Waals surface area contributed by atoms with Crippen LogP contribution in [0.1, 0.15) is 44.3 Å². The van der Waals surface area contributed by atoms with Crippen LogP contribution >= 0.6 is 0 Å². The lowest BCUT2D eigenvalue weighted by atomic mass is 9.74. The average molecular weight is 302 g/mol. The van der Waals surface area contributed by atoms with Gasteiger partial charge in [0.15, 0.2) is 0 Å². The first-order valence-electron chi connectivity index (χ1n) is 7.41. The fraction of sp³-hybridized carbons (Fsp3) is 0.625. The van der Waals surface area contributed by atoms with Gasteiger partial charge in [-0.1, -0.05) is 25.0 Å². The van der Waals surface area contributed by atoms with Gasteiger partial charge in [-0.25, -0.2) is 0 Å². The van der Waals surface area contributed by atoms with Crippen molar-refractivity contribution in [2.24, 2.45) is 11.8 Å². The monoisotopic (exact) mass is 302 g/mol. The Bertz CT molecular complexity index is 459. The summed E-state index contributed by atoms with van der Waals surface area (Å²) in [4.78, 5) is 0. The van der Waals surface area contributed by atoms with Gasteiger partial charge in [0, 0.05) is 5.92 Å². The van der Waals surface area contributed by atoms with Crippen molar-refractivity contribution in [3.63, 3.8) is 0 Å². The number of halogens is 3. The maximum Gasteiger partial charge on any atom is 0.392 e. The van der Waals surface area contributed by atoms with E-state index in [4.69, 9.17) is 4.74 Å².